The molecule has 3 heterocycles. The van der Waals surface area contributed by atoms with E-state index >= 15 is 0 Å². The van der Waals surface area contributed by atoms with Crippen molar-refractivity contribution >= 4 is 27.3 Å². The van der Waals surface area contributed by atoms with Gasteiger partial charge in [-0.25, -0.2) is 8.42 Å². The molecule has 2 atom stereocenters. The van der Waals surface area contributed by atoms with Crippen LogP contribution in [0.1, 0.15) is 40.5 Å². The Morgan fingerprint density at radius 1 is 1.13 bits per heavy atom. The van der Waals surface area contributed by atoms with Crippen molar-refractivity contribution in [3.8, 4) is 5.75 Å². The minimum Gasteiger partial charge on any atom is -0.491 e. The first kappa shape index (κ1) is 26.9. The second-order valence-electron chi connectivity index (χ2n) is 9.97. The fraction of sp³-hybridized carbons (Fsp3) is 0.414. The number of sulfonamides is 1. The van der Waals surface area contributed by atoms with E-state index in [0.29, 0.717) is 19.8 Å². The highest BCUT2D eigenvalue weighted by Gasteiger charge is 2.36. The maximum Gasteiger partial charge on any atom is 0.243 e. The van der Waals surface area contributed by atoms with Crippen LogP contribution in [0, 0.1) is 13.8 Å². The lowest BCUT2D eigenvalue weighted by Crippen LogP contribution is -2.49. The first-order valence-corrected chi connectivity index (χ1v) is 15.4. The van der Waals surface area contributed by atoms with E-state index in [1.807, 2.05) is 43.5 Å². The third-order valence-electron chi connectivity index (χ3n) is 7.31. The van der Waals surface area contributed by atoms with Gasteiger partial charge in [0.15, 0.2) is 0 Å². The predicted octanol–water partition coefficient (Wildman–Crippen LogP) is 4.74. The molecule has 2 aliphatic rings. The van der Waals surface area contributed by atoms with E-state index in [4.69, 9.17) is 9.47 Å². The van der Waals surface area contributed by atoms with Crippen molar-refractivity contribution in [2.45, 2.75) is 50.2 Å². The SMILES string of the molecule is Cc1ccc(S(=O)(=O)N(CC(=O)N2CCc3sccc3C2COc2ccccc2C)CC2CCCO2)cc1. The van der Waals surface area contributed by atoms with Crippen LogP contribution < -0.4 is 4.74 Å². The van der Waals surface area contributed by atoms with E-state index < -0.39 is 10.0 Å². The van der Waals surface area contributed by atoms with Gasteiger partial charge in [-0.15, -0.1) is 11.3 Å². The molecule has 0 aliphatic carbocycles. The van der Waals surface area contributed by atoms with Gasteiger partial charge in [0.2, 0.25) is 15.9 Å². The number of carbonyl (C=O) groups is 1. The molecule has 0 bridgehead atoms. The minimum atomic E-state index is -3.89. The highest BCUT2D eigenvalue weighted by atomic mass is 32.2. The molecule has 2 aromatic carbocycles. The number of ether oxygens (including phenoxy) is 2. The van der Waals surface area contributed by atoms with Gasteiger partial charge in [0.25, 0.3) is 0 Å². The Bertz CT molecular complexity index is 1360. The minimum absolute atomic E-state index is 0.157. The number of nitrogens with zero attached hydrogens (tertiary/aromatic N) is 2. The lowest BCUT2D eigenvalue weighted by atomic mass is 10.0. The van der Waals surface area contributed by atoms with Crippen molar-refractivity contribution < 1.29 is 22.7 Å². The molecule has 1 saturated heterocycles. The molecule has 1 amide bonds. The van der Waals surface area contributed by atoms with Crippen molar-refractivity contribution in [3.05, 3.63) is 81.5 Å². The molecule has 38 heavy (non-hydrogen) atoms. The smallest absolute Gasteiger partial charge is 0.243 e. The van der Waals surface area contributed by atoms with Crippen molar-refractivity contribution in [3.63, 3.8) is 0 Å². The number of amides is 1. The molecule has 0 radical (unpaired) electrons. The van der Waals surface area contributed by atoms with Crippen LogP contribution in [-0.4, -0.2) is 62.5 Å². The van der Waals surface area contributed by atoms with Crippen LogP contribution >= 0.6 is 11.3 Å². The molecule has 1 fully saturated rings. The molecule has 0 saturated carbocycles. The molecule has 202 valence electrons. The normalized spacial score (nSPS) is 19.5. The standard InChI is InChI=1S/C29H34N2O5S2/c1-21-9-11-24(12-10-21)38(33,34)30(18-23-7-5-16-35-23)19-29(32)31-15-13-28-25(14-17-37-28)26(31)20-36-27-8-4-3-6-22(27)2/h3-4,6,8-12,14,17,23,26H,5,7,13,15-16,18-20H2,1-2H3. The molecule has 0 spiro atoms. The highest BCUT2D eigenvalue weighted by molar-refractivity contribution is 7.89. The van der Waals surface area contributed by atoms with Crippen LogP contribution in [-0.2, 0) is 26.0 Å². The summed E-state index contributed by atoms with van der Waals surface area (Å²) in [6.07, 6.45) is 2.20. The Hall–Kier alpha value is -2.72. The average molecular weight is 555 g/mol. The molecule has 9 heteroatoms. The molecule has 7 nitrogen and oxygen atoms in total. The van der Waals surface area contributed by atoms with Crippen LogP contribution in [0.25, 0.3) is 0 Å². The van der Waals surface area contributed by atoms with E-state index in [2.05, 4.69) is 6.07 Å². The van der Waals surface area contributed by atoms with Gasteiger partial charge in [-0.3, -0.25) is 4.79 Å². The molecule has 5 rings (SSSR count). The zero-order valence-corrected chi connectivity index (χ0v) is 23.5. The van der Waals surface area contributed by atoms with E-state index in [-0.39, 0.29) is 36.0 Å². The second-order valence-corrected chi connectivity index (χ2v) is 12.9. The zero-order chi connectivity index (χ0) is 26.7. The summed E-state index contributed by atoms with van der Waals surface area (Å²) in [5.41, 5.74) is 3.08. The number of hydrogen-bond donors (Lipinski definition) is 0. The van der Waals surface area contributed by atoms with E-state index in [1.165, 1.54) is 9.18 Å². The molecular formula is C29H34N2O5S2. The summed E-state index contributed by atoms with van der Waals surface area (Å²) in [5, 5.41) is 2.05. The van der Waals surface area contributed by atoms with Gasteiger partial charge in [0.1, 0.15) is 12.4 Å². The third-order valence-corrected chi connectivity index (χ3v) is 10.1. The van der Waals surface area contributed by atoms with Crippen molar-refractivity contribution in [2.24, 2.45) is 0 Å². The van der Waals surface area contributed by atoms with E-state index in [0.717, 1.165) is 41.7 Å². The summed E-state index contributed by atoms with van der Waals surface area (Å²) in [6.45, 7) is 5.26. The van der Waals surface area contributed by atoms with Crippen molar-refractivity contribution in [1.82, 2.24) is 9.21 Å². The molecule has 0 N–H and O–H groups in total. The summed E-state index contributed by atoms with van der Waals surface area (Å²) < 4.78 is 40.7. The van der Waals surface area contributed by atoms with Crippen molar-refractivity contribution in [1.29, 1.82) is 0 Å². The van der Waals surface area contributed by atoms with Gasteiger partial charge >= 0.3 is 0 Å². The maximum atomic E-state index is 13.9. The molecule has 3 aromatic rings. The Labute approximate surface area is 229 Å². The lowest BCUT2D eigenvalue weighted by Gasteiger charge is -2.37. The monoisotopic (exact) mass is 554 g/mol. The fourth-order valence-corrected chi connectivity index (χ4v) is 7.48. The molecule has 2 unspecified atom stereocenters. The number of aryl methyl sites for hydroxylation is 2. The number of para-hydroxylation sites is 1. The number of hydrogen-bond acceptors (Lipinski definition) is 6. The van der Waals surface area contributed by atoms with E-state index in [9.17, 15) is 13.2 Å². The van der Waals surface area contributed by atoms with Gasteiger partial charge in [-0.1, -0.05) is 35.9 Å². The van der Waals surface area contributed by atoms with Crippen molar-refractivity contribution in [2.75, 3.05) is 32.8 Å². The number of thiophene rings is 1. The second kappa shape index (κ2) is 11.6. The van der Waals surface area contributed by atoms with Crippen LogP contribution in [0.4, 0.5) is 0 Å². The Morgan fingerprint density at radius 2 is 1.92 bits per heavy atom. The van der Waals surface area contributed by atoms with Crippen LogP contribution in [0.5, 0.6) is 5.75 Å². The quantitative estimate of drug-likeness (QED) is 0.382. The molecule has 1 aromatic heterocycles. The third kappa shape index (κ3) is 5.81. The first-order chi connectivity index (χ1) is 18.3. The van der Waals surface area contributed by atoms with Gasteiger partial charge in [0, 0.05) is 24.6 Å². The fourth-order valence-electron chi connectivity index (χ4n) is 5.13. The largest absolute Gasteiger partial charge is 0.491 e. The predicted molar refractivity (Wildman–Crippen MR) is 148 cm³/mol. The van der Waals surface area contributed by atoms with Gasteiger partial charge in [0.05, 0.1) is 23.6 Å². The molecular weight excluding hydrogens is 520 g/mol. The van der Waals surface area contributed by atoms with Gasteiger partial charge < -0.3 is 14.4 Å². The van der Waals surface area contributed by atoms with Gasteiger partial charge in [-0.2, -0.15) is 4.31 Å². The number of carbonyl (C=O) groups excluding carboxylic acids is 1. The van der Waals surface area contributed by atoms with Gasteiger partial charge in [-0.05, 0) is 73.9 Å². The summed E-state index contributed by atoms with van der Waals surface area (Å²) >= 11 is 1.69. The van der Waals surface area contributed by atoms with Crippen LogP contribution in [0.3, 0.4) is 0 Å². The van der Waals surface area contributed by atoms with Crippen LogP contribution in [0.2, 0.25) is 0 Å². The summed E-state index contributed by atoms with van der Waals surface area (Å²) in [7, 11) is -3.89. The summed E-state index contributed by atoms with van der Waals surface area (Å²) in [4.78, 5) is 17.1. The summed E-state index contributed by atoms with van der Waals surface area (Å²) in [6, 6.07) is 16.4. The zero-order valence-electron chi connectivity index (χ0n) is 21.8. The topological polar surface area (TPSA) is 76.2 Å². The van der Waals surface area contributed by atoms with E-state index in [1.54, 1.807) is 40.5 Å². The number of rotatable bonds is 9. The average Bonchev–Trinajstić information content (AvgIpc) is 3.60. The first-order valence-electron chi connectivity index (χ1n) is 13.1. The Morgan fingerprint density at radius 3 is 2.66 bits per heavy atom. The maximum absolute atomic E-state index is 13.9. The molecule has 2 aliphatic heterocycles. The lowest BCUT2D eigenvalue weighted by molar-refractivity contribution is -0.135. The van der Waals surface area contributed by atoms with Crippen LogP contribution in [0.15, 0.2) is 64.9 Å². The Balaban J connectivity index is 1.39. The number of fused-ring (bicyclic) bond motifs is 1. The summed E-state index contributed by atoms with van der Waals surface area (Å²) in [5.74, 6) is 0.554. The Kier molecular flexibility index (Phi) is 8.18. The number of benzene rings is 2. The highest BCUT2D eigenvalue weighted by Crippen LogP contribution is 2.34.